The largest absolute Gasteiger partial charge is 0.377 e. The molecule has 3 N–H and O–H groups in total. The second-order valence-electron chi connectivity index (χ2n) is 7.32. The highest BCUT2D eigenvalue weighted by atomic mass is 35.5. The molecule has 34 heavy (non-hydrogen) atoms. The zero-order chi connectivity index (χ0) is 23.5. The van der Waals surface area contributed by atoms with Crippen molar-refractivity contribution in [3.05, 3.63) is 93.0 Å². The Morgan fingerprint density at radius 1 is 1.18 bits per heavy atom. The molecule has 1 atom stereocenters. The Balaban J connectivity index is 1.57. The summed E-state index contributed by atoms with van der Waals surface area (Å²) >= 11 is 8.12. The van der Waals surface area contributed by atoms with Gasteiger partial charge in [-0.25, -0.2) is 9.37 Å². The highest BCUT2D eigenvalue weighted by Gasteiger charge is 2.19. The van der Waals surface area contributed by atoms with E-state index in [1.165, 1.54) is 29.7 Å². The van der Waals surface area contributed by atoms with Gasteiger partial charge in [0, 0.05) is 28.8 Å². The van der Waals surface area contributed by atoms with Gasteiger partial charge in [-0.05, 0) is 29.8 Å². The van der Waals surface area contributed by atoms with Crippen molar-refractivity contribution in [2.75, 3.05) is 10.6 Å². The molecule has 0 fully saturated rings. The summed E-state index contributed by atoms with van der Waals surface area (Å²) in [5.41, 5.74) is 3.65. The van der Waals surface area contributed by atoms with Crippen LogP contribution in [0.25, 0.3) is 10.9 Å². The van der Waals surface area contributed by atoms with Gasteiger partial charge in [0.25, 0.3) is 0 Å². The van der Waals surface area contributed by atoms with Gasteiger partial charge in [0.2, 0.25) is 0 Å². The normalized spacial score (nSPS) is 11.8. The molecule has 0 aliphatic heterocycles. The summed E-state index contributed by atoms with van der Waals surface area (Å²) in [6.07, 6.45) is 4.83. The molecule has 11 heteroatoms. The highest BCUT2D eigenvalue weighted by molar-refractivity contribution is 7.09. The molecule has 5 aromatic rings. The van der Waals surface area contributed by atoms with Crippen molar-refractivity contribution in [1.29, 1.82) is 5.26 Å². The summed E-state index contributed by atoms with van der Waals surface area (Å²) < 4.78 is 13.5. The van der Waals surface area contributed by atoms with Crippen molar-refractivity contribution in [3.63, 3.8) is 0 Å². The number of anilines is 2. The van der Waals surface area contributed by atoms with Crippen LogP contribution in [0.4, 0.5) is 15.8 Å². The number of hydrogen-bond acceptors (Lipinski definition) is 8. The first kappa shape index (κ1) is 21.8. The number of pyridine rings is 1. The maximum absolute atomic E-state index is 13.5. The molecule has 3 heterocycles. The second kappa shape index (κ2) is 9.43. The van der Waals surface area contributed by atoms with Gasteiger partial charge in [0.1, 0.15) is 22.6 Å². The average Bonchev–Trinajstić information content (AvgIpc) is 3.56. The zero-order valence-electron chi connectivity index (χ0n) is 17.5. The Bertz CT molecular complexity index is 1460. The van der Waals surface area contributed by atoms with Crippen LogP contribution in [0.2, 0.25) is 5.02 Å². The van der Waals surface area contributed by atoms with E-state index in [-0.39, 0.29) is 5.82 Å². The summed E-state index contributed by atoms with van der Waals surface area (Å²) in [5.74, 6) is -0.331. The highest BCUT2D eigenvalue weighted by Crippen LogP contribution is 2.35. The van der Waals surface area contributed by atoms with Gasteiger partial charge in [-0.3, -0.25) is 4.98 Å². The molecule has 0 radical (unpaired) electrons. The lowest BCUT2D eigenvalue weighted by Gasteiger charge is -2.20. The number of hydrogen-bond donors (Lipinski definition) is 3. The smallest absolute Gasteiger partial charge is 0.123 e. The third-order valence-corrected chi connectivity index (χ3v) is 6.26. The summed E-state index contributed by atoms with van der Waals surface area (Å²) in [6, 6.07) is 11.5. The number of fused-ring (bicyclic) bond motifs is 1. The minimum atomic E-state index is -0.424. The van der Waals surface area contributed by atoms with Crippen LogP contribution < -0.4 is 10.6 Å². The Hall–Kier alpha value is -4.07. The summed E-state index contributed by atoms with van der Waals surface area (Å²) in [5, 5.41) is 31.0. The molecule has 0 saturated heterocycles. The minimum absolute atomic E-state index is 0.331. The van der Waals surface area contributed by atoms with Crippen LogP contribution in [0.3, 0.4) is 0 Å². The topological polar surface area (TPSA) is 115 Å². The molecular formula is C23H16ClFN8S. The monoisotopic (exact) mass is 490 g/mol. The van der Waals surface area contributed by atoms with E-state index < -0.39 is 6.04 Å². The Labute approximate surface area is 202 Å². The molecule has 0 aliphatic rings. The fourth-order valence-electron chi connectivity index (χ4n) is 3.62. The van der Waals surface area contributed by atoms with E-state index in [4.69, 9.17) is 11.6 Å². The van der Waals surface area contributed by atoms with E-state index in [2.05, 4.69) is 42.1 Å². The number of benzene rings is 2. The number of H-pyrrole nitrogens is 1. The molecule has 168 valence electrons. The molecular weight excluding hydrogens is 475 g/mol. The lowest BCUT2D eigenvalue weighted by molar-refractivity contribution is 0.626. The predicted octanol–water partition coefficient (Wildman–Crippen LogP) is 5.29. The van der Waals surface area contributed by atoms with E-state index in [1.54, 1.807) is 30.6 Å². The van der Waals surface area contributed by atoms with E-state index in [9.17, 15) is 9.65 Å². The first-order valence-electron chi connectivity index (χ1n) is 10.1. The standard InChI is InChI=1S/C23H16ClFN8S/c24-18-8-16(31-22(19-11-30-33-32-19)13-1-3-15(25)4-2-13)7-17-21(14(9-26)10-28-23(17)18)29-12-20-27-5-6-34-20/h1-8,10-11,22,31H,12H2,(H,28,29)(H,30,32,33)/t22-/m0/s1. The van der Waals surface area contributed by atoms with E-state index in [1.807, 2.05) is 11.4 Å². The quantitative estimate of drug-likeness (QED) is 0.284. The van der Waals surface area contributed by atoms with Crippen LogP contribution in [0.5, 0.6) is 0 Å². The van der Waals surface area contributed by atoms with Crippen LogP contribution in [0.1, 0.15) is 27.9 Å². The number of nitriles is 1. The maximum atomic E-state index is 13.5. The zero-order valence-corrected chi connectivity index (χ0v) is 19.0. The average molecular weight is 491 g/mol. The number of halogens is 2. The molecule has 0 spiro atoms. The molecule has 3 aromatic heterocycles. The van der Waals surface area contributed by atoms with Gasteiger partial charge >= 0.3 is 0 Å². The van der Waals surface area contributed by atoms with Gasteiger partial charge in [-0.15, -0.1) is 11.3 Å². The van der Waals surface area contributed by atoms with Crippen molar-refractivity contribution >= 4 is 45.2 Å². The molecule has 2 aromatic carbocycles. The van der Waals surface area contributed by atoms with E-state index in [0.29, 0.717) is 45.1 Å². The van der Waals surface area contributed by atoms with Gasteiger partial charge < -0.3 is 10.6 Å². The number of thiazole rings is 1. The van der Waals surface area contributed by atoms with Crippen molar-refractivity contribution in [3.8, 4) is 6.07 Å². The van der Waals surface area contributed by atoms with Crippen LogP contribution in [0, 0.1) is 17.1 Å². The maximum Gasteiger partial charge on any atom is 0.123 e. The molecule has 0 unspecified atom stereocenters. The van der Waals surface area contributed by atoms with Crippen LogP contribution >= 0.6 is 22.9 Å². The summed E-state index contributed by atoms with van der Waals surface area (Å²) in [6.45, 7) is 0.456. The number of aromatic amines is 1. The Morgan fingerprint density at radius 2 is 2.03 bits per heavy atom. The first-order chi connectivity index (χ1) is 16.6. The van der Waals surface area contributed by atoms with E-state index >= 15 is 0 Å². The van der Waals surface area contributed by atoms with Crippen molar-refractivity contribution in [2.24, 2.45) is 0 Å². The second-order valence-corrected chi connectivity index (χ2v) is 8.70. The fraction of sp³-hybridized carbons (Fsp3) is 0.0870. The van der Waals surface area contributed by atoms with Crippen molar-refractivity contribution in [1.82, 2.24) is 25.4 Å². The number of nitrogens with zero attached hydrogens (tertiary/aromatic N) is 5. The lowest BCUT2D eigenvalue weighted by Crippen LogP contribution is -2.13. The van der Waals surface area contributed by atoms with Gasteiger partial charge in [0.05, 0.1) is 40.6 Å². The fourth-order valence-corrected chi connectivity index (χ4v) is 4.45. The molecule has 0 amide bonds. The molecule has 0 aliphatic carbocycles. The number of rotatable bonds is 7. The van der Waals surface area contributed by atoms with Crippen LogP contribution in [0.15, 0.2) is 60.4 Å². The number of aromatic nitrogens is 5. The van der Waals surface area contributed by atoms with E-state index in [0.717, 1.165) is 10.6 Å². The van der Waals surface area contributed by atoms with Gasteiger partial charge in [-0.2, -0.15) is 20.7 Å². The summed E-state index contributed by atoms with van der Waals surface area (Å²) in [7, 11) is 0. The molecule has 5 rings (SSSR count). The first-order valence-corrected chi connectivity index (χ1v) is 11.4. The van der Waals surface area contributed by atoms with Crippen LogP contribution in [-0.4, -0.2) is 25.4 Å². The number of nitrogens with one attached hydrogen (secondary N) is 3. The van der Waals surface area contributed by atoms with Gasteiger partial charge in [-0.1, -0.05) is 23.7 Å². The summed E-state index contributed by atoms with van der Waals surface area (Å²) in [4.78, 5) is 8.68. The predicted molar refractivity (Wildman–Crippen MR) is 129 cm³/mol. The third-order valence-electron chi connectivity index (χ3n) is 5.19. The SMILES string of the molecule is N#Cc1cnc2c(Cl)cc(N[C@@H](c3ccc(F)cc3)c3cn[nH]n3)cc2c1NCc1nccs1. The lowest BCUT2D eigenvalue weighted by atomic mass is 10.0. The minimum Gasteiger partial charge on any atom is -0.377 e. The van der Waals surface area contributed by atoms with Crippen LogP contribution in [-0.2, 0) is 6.54 Å². The van der Waals surface area contributed by atoms with Crippen molar-refractivity contribution in [2.45, 2.75) is 12.6 Å². The molecule has 0 saturated carbocycles. The third kappa shape index (κ3) is 4.39. The Morgan fingerprint density at radius 3 is 2.74 bits per heavy atom. The molecule has 8 nitrogen and oxygen atoms in total. The molecule has 0 bridgehead atoms. The van der Waals surface area contributed by atoms with Gasteiger partial charge in [0.15, 0.2) is 0 Å². The Kier molecular flexibility index (Phi) is 6.03. The van der Waals surface area contributed by atoms with Crippen molar-refractivity contribution < 1.29 is 4.39 Å².